The largest absolute Gasteiger partial charge is 0.394 e. The summed E-state index contributed by atoms with van der Waals surface area (Å²) in [7, 11) is 0. The number of aliphatic hydroxyl groups excluding tert-OH is 2. The molecule has 1 aromatic carbocycles. The SMILES string of the molecule is CCC(CO)(CO)Nc1ccc(F)cc1CN. The Morgan fingerprint density at radius 3 is 2.47 bits per heavy atom. The molecule has 0 bridgehead atoms. The lowest BCUT2D eigenvalue weighted by Crippen LogP contribution is -2.45. The molecule has 17 heavy (non-hydrogen) atoms. The summed E-state index contributed by atoms with van der Waals surface area (Å²) in [5.41, 5.74) is 5.98. The number of halogens is 1. The Hall–Kier alpha value is -1.17. The van der Waals surface area contributed by atoms with E-state index in [-0.39, 0.29) is 25.6 Å². The molecule has 0 unspecified atom stereocenters. The molecule has 1 aromatic rings. The number of hydrogen-bond acceptors (Lipinski definition) is 4. The van der Waals surface area contributed by atoms with Gasteiger partial charge in [-0.2, -0.15) is 0 Å². The van der Waals surface area contributed by atoms with Crippen LogP contribution in [0.25, 0.3) is 0 Å². The van der Waals surface area contributed by atoms with Crippen molar-refractivity contribution in [3.63, 3.8) is 0 Å². The van der Waals surface area contributed by atoms with Gasteiger partial charge in [-0.25, -0.2) is 4.39 Å². The van der Waals surface area contributed by atoms with Crippen LogP contribution in [-0.2, 0) is 6.54 Å². The average Bonchev–Trinajstić information content (AvgIpc) is 2.37. The van der Waals surface area contributed by atoms with Crippen LogP contribution in [0.15, 0.2) is 18.2 Å². The smallest absolute Gasteiger partial charge is 0.123 e. The molecule has 0 saturated carbocycles. The summed E-state index contributed by atoms with van der Waals surface area (Å²) < 4.78 is 13.0. The van der Waals surface area contributed by atoms with Gasteiger partial charge in [-0.05, 0) is 30.2 Å². The molecule has 5 heteroatoms. The van der Waals surface area contributed by atoms with Crippen molar-refractivity contribution in [2.75, 3.05) is 18.5 Å². The Bertz CT molecular complexity index is 359. The first-order valence-electron chi connectivity index (χ1n) is 5.59. The zero-order chi connectivity index (χ0) is 12.9. The molecular weight excluding hydrogens is 223 g/mol. The molecule has 0 aromatic heterocycles. The molecule has 4 nitrogen and oxygen atoms in total. The van der Waals surface area contributed by atoms with E-state index in [0.717, 1.165) is 0 Å². The molecule has 0 radical (unpaired) electrons. The number of nitrogens with two attached hydrogens (primary N) is 1. The summed E-state index contributed by atoms with van der Waals surface area (Å²) in [6, 6.07) is 4.22. The zero-order valence-corrected chi connectivity index (χ0v) is 9.91. The van der Waals surface area contributed by atoms with E-state index in [0.29, 0.717) is 17.7 Å². The first kappa shape index (κ1) is 13.9. The van der Waals surface area contributed by atoms with Gasteiger partial charge in [0.05, 0.1) is 18.8 Å². The normalized spacial score (nSPS) is 11.6. The molecular formula is C12H19FN2O2. The Morgan fingerprint density at radius 2 is 2.00 bits per heavy atom. The lowest BCUT2D eigenvalue weighted by molar-refractivity contribution is 0.132. The van der Waals surface area contributed by atoms with Gasteiger partial charge >= 0.3 is 0 Å². The fourth-order valence-electron chi connectivity index (χ4n) is 1.58. The molecule has 5 N–H and O–H groups in total. The fraction of sp³-hybridized carbons (Fsp3) is 0.500. The van der Waals surface area contributed by atoms with E-state index in [1.165, 1.54) is 12.1 Å². The van der Waals surface area contributed by atoms with Crippen LogP contribution in [0.5, 0.6) is 0 Å². The third-order valence-corrected chi connectivity index (χ3v) is 2.97. The van der Waals surface area contributed by atoms with E-state index in [1.54, 1.807) is 6.07 Å². The van der Waals surface area contributed by atoms with Gasteiger partial charge in [0.1, 0.15) is 5.82 Å². The number of rotatable bonds is 6. The molecule has 0 aliphatic rings. The van der Waals surface area contributed by atoms with Crippen molar-refractivity contribution >= 4 is 5.69 Å². The summed E-state index contributed by atoms with van der Waals surface area (Å²) in [5, 5.41) is 21.7. The second-order valence-corrected chi connectivity index (χ2v) is 4.08. The van der Waals surface area contributed by atoms with Gasteiger partial charge in [-0.3, -0.25) is 0 Å². The second-order valence-electron chi connectivity index (χ2n) is 4.08. The van der Waals surface area contributed by atoms with Gasteiger partial charge in [0.15, 0.2) is 0 Å². The molecule has 1 rings (SSSR count). The Morgan fingerprint density at radius 1 is 1.35 bits per heavy atom. The molecule has 0 saturated heterocycles. The predicted octanol–water partition coefficient (Wildman–Crippen LogP) is 0.830. The van der Waals surface area contributed by atoms with Crippen LogP contribution in [-0.4, -0.2) is 29.0 Å². The van der Waals surface area contributed by atoms with Crippen LogP contribution in [0.1, 0.15) is 18.9 Å². The topological polar surface area (TPSA) is 78.5 Å². The van der Waals surface area contributed by atoms with Crippen LogP contribution in [0.2, 0.25) is 0 Å². The van der Waals surface area contributed by atoms with Gasteiger partial charge in [0, 0.05) is 12.2 Å². The van der Waals surface area contributed by atoms with Crippen molar-refractivity contribution in [2.45, 2.75) is 25.4 Å². The van der Waals surface area contributed by atoms with Gasteiger partial charge in [-0.1, -0.05) is 6.92 Å². The summed E-state index contributed by atoms with van der Waals surface area (Å²) in [6.07, 6.45) is 0.543. The molecule has 0 amide bonds. The number of hydrogen-bond donors (Lipinski definition) is 4. The lowest BCUT2D eigenvalue weighted by Gasteiger charge is -2.31. The van der Waals surface area contributed by atoms with Crippen molar-refractivity contribution in [3.05, 3.63) is 29.6 Å². The van der Waals surface area contributed by atoms with Crippen molar-refractivity contribution in [2.24, 2.45) is 5.73 Å². The molecule has 0 aliphatic carbocycles. The Kier molecular flexibility index (Phi) is 4.86. The average molecular weight is 242 g/mol. The van der Waals surface area contributed by atoms with Crippen LogP contribution < -0.4 is 11.1 Å². The summed E-state index contributed by atoms with van der Waals surface area (Å²) in [5.74, 6) is -0.355. The molecule has 0 fully saturated rings. The maximum atomic E-state index is 13.0. The second kappa shape index (κ2) is 5.95. The zero-order valence-electron chi connectivity index (χ0n) is 9.91. The highest BCUT2D eigenvalue weighted by molar-refractivity contribution is 5.53. The van der Waals surface area contributed by atoms with E-state index in [4.69, 9.17) is 5.73 Å². The van der Waals surface area contributed by atoms with E-state index in [9.17, 15) is 14.6 Å². The standard InChI is InChI=1S/C12H19FN2O2/c1-2-12(7-16,8-17)15-11-4-3-10(13)5-9(11)6-14/h3-5,15-17H,2,6-8,14H2,1H3. The van der Waals surface area contributed by atoms with Gasteiger partial charge in [-0.15, -0.1) is 0 Å². The van der Waals surface area contributed by atoms with Crippen molar-refractivity contribution in [1.82, 2.24) is 0 Å². The highest BCUT2D eigenvalue weighted by Crippen LogP contribution is 2.22. The van der Waals surface area contributed by atoms with Crippen molar-refractivity contribution < 1.29 is 14.6 Å². The highest BCUT2D eigenvalue weighted by Gasteiger charge is 2.26. The maximum absolute atomic E-state index is 13.0. The summed E-state index contributed by atoms with van der Waals surface area (Å²) >= 11 is 0. The minimum absolute atomic E-state index is 0.191. The minimum Gasteiger partial charge on any atom is -0.394 e. The summed E-state index contributed by atoms with van der Waals surface area (Å²) in [6.45, 7) is 1.63. The van der Waals surface area contributed by atoms with E-state index in [2.05, 4.69) is 5.32 Å². The monoisotopic (exact) mass is 242 g/mol. The number of anilines is 1. The van der Waals surface area contributed by atoms with Crippen LogP contribution in [0, 0.1) is 5.82 Å². The van der Waals surface area contributed by atoms with Crippen LogP contribution in [0.3, 0.4) is 0 Å². The highest BCUT2D eigenvalue weighted by atomic mass is 19.1. The maximum Gasteiger partial charge on any atom is 0.123 e. The predicted molar refractivity (Wildman–Crippen MR) is 65.1 cm³/mol. The van der Waals surface area contributed by atoms with E-state index < -0.39 is 5.54 Å². The van der Waals surface area contributed by atoms with E-state index in [1.807, 2.05) is 6.92 Å². The van der Waals surface area contributed by atoms with Crippen LogP contribution in [0.4, 0.5) is 10.1 Å². The first-order valence-corrected chi connectivity index (χ1v) is 5.59. The summed E-state index contributed by atoms with van der Waals surface area (Å²) in [4.78, 5) is 0. The third kappa shape index (κ3) is 3.15. The molecule has 0 spiro atoms. The van der Waals surface area contributed by atoms with Crippen molar-refractivity contribution in [3.8, 4) is 0 Å². The van der Waals surface area contributed by atoms with Crippen molar-refractivity contribution in [1.29, 1.82) is 0 Å². The Balaban J connectivity index is 3.00. The first-order chi connectivity index (χ1) is 8.10. The number of nitrogens with one attached hydrogen (secondary N) is 1. The fourth-order valence-corrected chi connectivity index (χ4v) is 1.58. The van der Waals surface area contributed by atoms with Gasteiger partial charge in [0.2, 0.25) is 0 Å². The van der Waals surface area contributed by atoms with Gasteiger partial charge < -0.3 is 21.3 Å². The van der Waals surface area contributed by atoms with Crippen LogP contribution >= 0.6 is 0 Å². The third-order valence-electron chi connectivity index (χ3n) is 2.97. The molecule has 0 aliphatic heterocycles. The van der Waals surface area contributed by atoms with Gasteiger partial charge in [0.25, 0.3) is 0 Å². The van der Waals surface area contributed by atoms with E-state index >= 15 is 0 Å². The minimum atomic E-state index is -0.804. The molecule has 96 valence electrons. The lowest BCUT2D eigenvalue weighted by atomic mass is 9.97. The molecule has 0 heterocycles. The quantitative estimate of drug-likeness (QED) is 0.596. The Labute approximate surface area is 100 Å². The molecule has 0 atom stereocenters. The number of benzene rings is 1. The number of aliphatic hydroxyl groups is 2.